The lowest BCUT2D eigenvalue weighted by Gasteiger charge is -2.10. The van der Waals surface area contributed by atoms with E-state index in [-0.39, 0.29) is 23.6 Å². The number of alkyl halides is 2. The third-order valence-corrected chi connectivity index (χ3v) is 4.26. The largest absolute Gasteiger partial charge is 0.435 e. The van der Waals surface area contributed by atoms with E-state index < -0.39 is 6.61 Å². The lowest BCUT2D eigenvalue weighted by Crippen LogP contribution is -2.10. The molecule has 29 heavy (non-hydrogen) atoms. The third-order valence-electron chi connectivity index (χ3n) is 3.82. The van der Waals surface area contributed by atoms with Crippen molar-refractivity contribution in [2.75, 3.05) is 11.1 Å². The Hall–Kier alpha value is -3.41. The van der Waals surface area contributed by atoms with Crippen LogP contribution in [0.15, 0.2) is 41.0 Å². The molecule has 0 aliphatic carbocycles. The van der Waals surface area contributed by atoms with E-state index >= 15 is 0 Å². The SMILES string of the molecule is Cc1nc2ncc(Br)cc2n1-c1nc(N)nc(Nc2ccc(OC(F)F)cc2)n1. The van der Waals surface area contributed by atoms with Crippen LogP contribution in [0.4, 0.5) is 26.4 Å². The lowest BCUT2D eigenvalue weighted by molar-refractivity contribution is -0.0498. The van der Waals surface area contributed by atoms with Crippen LogP contribution in [0.3, 0.4) is 0 Å². The van der Waals surface area contributed by atoms with Crippen LogP contribution in [0, 0.1) is 6.92 Å². The molecule has 3 N–H and O–H groups in total. The second-order valence-corrected chi connectivity index (χ2v) is 6.75. The fourth-order valence-electron chi connectivity index (χ4n) is 2.69. The second-order valence-electron chi connectivity index (χ2n) is 5.84. The van der Waals surface area contributed by atoms with Crippen LogP contribution in [0.2, 0.25) is 0 Å². The van der Waals surface area contributed by atoms with Gasteiger partial charge in [0.25, 0.3) is 0 Å². The molecule has 0 fully saturated rings. The molecule has 148 valence electrons. The molecular formula is C17H13BrF2N8O. The number of rotatable bonds is 5. The van der Waals surface area contributed by atoms with Crippen LogP contribution in [0.25, 0.3) is 17.1 Å². The van der Waals surface area contributed by atoms with E-state index in [1.54, 1.807) is 29.8 Å². The summed E-state index contributed by atoms with van der Waals surface area (Å²) in [5.74, 6) is 1.10. The summed E-state index contributed by atoms with van der Waals surface area (Å²) >= 11 is 3.39. The minimum atomic E-state index is -2.89. The highest BCUT2D eigenvalue weighted by molar-refractivity contribution is 9.10. The molecule has 0 amide bonds. The molecule has 0 aliphatic heterocycles. The average molecular weight is 463 g/mol. The molecule has 4 aromatic rings. The summed E-state index contributed by atoms with van der Waals surface area (Å²) in [7, 11) is 0. The Balaban J connectivity index is 1.69. The zero-order valence-corrected chi connectivity index (χ0v) is 16.4. The zero-order chi connectivity index (χ0) is 20.5. The molecule has 9 nitrogen and oxygen atoms in total. The van der Waals surface area contributed by atoms with Crippen molar-refractivity contribution < 1.29 is 13.5 Å². The number of anilines is 3. The zero-order valence-electron chi connectivity index (χ0n) is 14.8. The van der Waals surface area contributed by atoms with Gasteiger partial charge in [-0.3, -0.25) is 4.57 Å². The fraction of sp³-hybridized carbons (Fsp3) is 0.118. The highest BCUT2D eigenvalue weighted by atomic mass is 79.9. The summed E-state index contributed by atoms with van der Waals surface area (Å²) in [6, 6.07) is 7.75. The van der Waals surface area contributed by atoms with E-state index in [9.17, 15) is 8.78 Å². The number of aryl methyl sites for hydroxylation is 1. The normalized spacial score (nSPS) is 11.2. The Labute approximate surface area is 171 Å². The van der Waals surface area contributed by atoms with Gasteiger partial charge < -0.3 is 15.8 Å². The first-order chi connectivity index (χ1) is 13.9. The molecule has 0 atom stereocenters. The summed E-state index contributed by atoms with van der Waals surface area (Å²) in [6.45, 7) is -1.09. The number of aromatic nitrogens is 6. The number of halogens is 3. The maximum atomic E-state index is 12.3. The van der Waals surface area contributed by atoms with E-state index in [0.29, 0.717) is 22.7 Å². The number of nitrogens with one attached hydrogen (secondary N) is 1. The Bertz CT molecular complexity index is 1180. The minimum absolute atomic E-state index is 0.000593. The van der Waals surface area contributed by atoms with Crippen LogP contribution < -0.4 is 15.8 Å². The molecule has 3 heterocycles. The molecule has 0 aliphatic rings. The first kappa shape index (κ1) is 18.9. The summed E-state index contributed by atoms with van der Waals surface area (Å²) in [5.41, 5.74) is 7.65. The number of imidazole rings is 1. The molecule has 0 saturated heterocycles. The lowest BCUT2D eigenvalue weighted by atomic mass is 10.3. The van der Waals surface area contributed by atoms with E-state index in [1.807, 2.05) is 6.07 Å². The standard InChI is InChI=1S/C17H13BrF2N8O/c1-8-23-13-12(6-9(18)7-22-13)28(8)17-26-15(21)25-16(27-17)24-10-2-4-11(5-3-10)29-14(19)20/h2-7,14H,1H3,(H3,21,24,25,26,27). The van der Waals surface area contributed by atoms with Crippen molar-refractivity contribution in [3.05, 3.63) is 46.8 Å². The van der Waals surface area contributed by atoms with Gasteiger partial charge in [0.2, 0.25) is 17.8 Å². The molecule has 0 bridgehead atoms. The third kappa shape index (κ3) is 4.06. The molecular weight excluding hydrogens is 450 g/mol. The molecule has 4 rings (SSSR count). The number of hydrogen-bond acceptors (Lipinski definition) is 8. The topological polar surface area (TPSA) is 117 Å². The van der Waals surface area contributed by atoms with Crippen molar-refractivity contribution >= 4 is 44.7 Å². The monoisotopic (exact) mass is 462 g/mol. The number of benzene rings is 1. The number of fused-ring (bicyclic) bond motifs is 1. The van der Waals surface area contributed by atoms with E-state index in [4.69, 9.17) is 5.73 Å². The van der Waals surface area contributed by atoms with Gasteiger partial charge in [-0.15, -0.1) is 0 Å². The molecule has 0 unspecified atom stereocenters. The summed E-state index contributed by atoms with van der Waals surface area (Å²) in [6.07, 6.45) is 1.65. The van der Waals surface area contributed by atoms with Gasteiger partial charge in [0.1, 0.15) is 11.6 Å². The maximum absolute atomic E-state index is 12.3. The molecule has 0 radical (unpaired) electrons. The van der Waals surface area contributed by atoms with Crippen molar-refractivity contribution in [1.82, 2.24) is 29.5 Å². The number of hydrogen-bond donors (Lipinski definition) is 2. The van der Waals surface area contributed by atoms with Gasteiger partial charge in [-0.25, -0.2) is 9.97 Å². The maximum Gasteiger partial charge on any atom is 0.387 e. The fourth-order valence-corrected chi connectivity index (χ4v) is 3.01. The Kier molecular flexibility index (Phi) is 4.92. The minimum Gasteiger partial charge on any atom is -0.435 e. The Morgan fingerprint density at radius 1 is 1.14 bits per heavy atom. The first-order valence-electron chi connectivity index (χ1n) is 8.23. The Morgan fingerprint density at radius 2 is 1.90 bits per heavy atom. The van der Waals surface area contributed by atoms with E-state index in [0.717, 1.165) is 4.47 Å². The predicted molar refractivity (Wildman–Crippen MR) is 105 cm³/mol. The molecule has 0 spiro atoms. The summed E-state index contributed by atoms with van der Waals surface area (Å²) in [5, 5.41) is 2.96. The van der Waals surface area contributed by atoms with Gasteiger partial charge >= 0.3 is 6.61 Å². The highest BCUT2D eigenvalue weighted by Gasteiger charge is 2.15. The number of pyridine rings is 1. The summed E-state index contributed by atoms with van der Waals surface area (Å²) < 4.78 is 31.3. The average Bonchev–Trinajstić information content (AvgIpc) is 2.97. The number of nitrogen functional groups attached to an aromatic ring is 1. The van der Waals surface area contributed by atoms with Gasteiger partial charge in [-0.2, -0.15) is 23.7 Å². The Morgan fingerprint density at radius 3 is 2.62 bits per heavy atom. The molecule has 3 aromatic heterocycles. The highest BCUT2D eigenvalue weighted by Crippen LogP contribution is 2.23. The quantitative estimate of drug-likeness (QED) is 0.461. The molecule has 12 heteroatoms. The molecule has 1 aromatic carbocycles. The van der Waals surface area contributed by atoms with Crippen LogP contribution in [0.5, 0.6) is 5.75 Å². The number of ether oxygens (including phenoxy) is 1. The van der Waals surface area contributed by atoms with E-state index in [2.05, 4.69) is 50.9 Å². The smallest absolute Gasteiger partial charge is 0.387 e. The molecule has 0 saturated carbocycles. The second kappa shape index (κ2) is 7.54. The van der Waals surface area contributed by atoms with Gasteiger partial charge in [0, 0.05) is 16.4 Å². The first-order valence-corrected chi connectivity index (χ1v) is 9.03. The van der Waals surface area contributed by atoms with Crippen molar-refractivity contribution in [3.63, 3.8) is 0 Å². The van der Waals surface area contributed by atoms with Gasteiger partial charge in [-0.05, 0) is 53.2 Å². The van der Waals surface area contributed by atoms with Crippen molar-refractivity contribution in [1.29, 1.82) is 0 Å². The predicted octanol–water partition coefficient (Wildman–Crippen LogP) is 3.60. The van der Waals surface area contributed by atoms with Gasteiger partial charge in [-0.1, -0.05) is 0 Å². The number of nitrogens with two attached hydrogens (primary N) is 1. The van der Waals surface area contributed by atoms with E-state index in [1.165, 1.54) is 12.1 Å². The van der Waals surface area contributed by atoms with Crippen LogP contribution in [0.1, 0.15) is 5.82 Å². The number of nitrogens with zero attached hydrogens (tertiary/aromatic N) is 6. The van der Waals surface area contributed by atoms with Crippen LogP contribution >= 0.6 is 15.9 Å². The van der Waals surface area contributed by atoms with Crippen molar-refractivity contribution in [3.8, 4) is 11.7 Å². The van der Waals surface area contributed by atoms with Crippen LogP contribution in [-0.4, -0.2) is 36.1 Å². The van der Waals surface area contributed by atoms with Gasteiger partial charge in [0.05, 0.1) is 5.52 Å². The van der Waals surface area contributed by atoms with Crippen molar-refractivity contribution in [2.24, 2.45) is 0 Å². The van der Waals surface area contributed by atoms with Crippen molar-refractivity contribution in [2.45, 2.75) is 13.5 Å². The van der Waals surface area contributed by atoms with Gasteiger partial charge in [0.15, 0.2) is 5.65 Å². The van der Waals surface area contributed by atoms with Crippen LogP contribution in [-0.2, 0) is 0 Å². The summed E-state index contributed by atoms with van der Waals surface area (Å²) in [4.78, 5) is 21.3.